The number of likely N-dealkylation sites (tertiary alicyclic amines) is 1. The molecular weight excluding hydrogens is 386 g/mol. The summed E-state index contributed by atoms with van der Waals surface area (Å²) in [5.74, 6) is 1.74. The molecule has 0 aromatic heterocycles. The molecule has 0 radical (unpaired) electrons. The zero-order valence-electron chi connectivity index (χ0n) is 17.0. The lowest BCUT2D eigenvalue weighted by atomic mass is 9.98. The largest absolute Gasteiger partial charge is 0.497 e. The second-order valence-corrected chi connectivity index (χ2v) is 8.49. The van der Waals surface area contributed by atoms with Gasteiger partial charge in [-0.1, -0.05) is 24.3 Å². The topological polar surface area (TPSA) is 59.0 Å². The quantitative estimate of drug-likeness (QED) is 0.658. The molecule has 6 heteroatoms. The van der Waals surface area contributed by atoms with Crippen molar-refractivity contribution in [3.63, 3.8) is 0 Å². The number of carboxylic acid groups (broad SMARTS) is 1. The molecule has 1 atom stereocenters. The van der Waals surface area contributed by atoms with E-state index < -0.39 is 5.97 Å². The zero-order valence-corrected chi connectivity index (χ0v) is 17.9. The number of benzene rings is 2. The number of hydrogen-bond donors (Lipinski definition) is 1. The lowest BCUT2D eigenvalue weighted by Crippen LogP contribution is -2.39. The normalized spacial score (nSPS) is 17.3. The summed E-state index contributed by atoms with van der Waals surface area (Å²) in [6.07, 6.45) is 1.75. The number of nitrogens with zero attached hydrogens (tertiary/aromatic N) is 1. The Hall–Kier alpha value is -2.18. The first-order chi connectivity index (χ1) is 14.1. The van der Waals surface area contributed by atoms with E-state index in [0.717, 1.165) is 43.2 Å². The lowest BCUT2D eigenvalue weighted by molar-refractivity contribution is -0.143. The molecule has 3 rings (SSSR count). The van der Waals surface area contributed by atoms with Crippen LogP contribution in [0.5, 0.6) is 11.5 Å². The maximum atomic E-state index is 11.3. The van der Waals surface area contributed by atoms with E-state index in [0.29, 0.717) is 6.54 Å². The maximum Gasteiger partial charge on any atom is 0.307 e. The predicted octanol–water partition coefficient (Wildman–Crippen LogP) is 4.32. The van der Waals surface area contributed by atoms with Crippen molar-refractivity contribution in [2.24, 2.45) is 5.92 Å². The Balaban J connectivity index is 1.68. The van der Waals surface area contributed by atoms with Crippen molar-refractivity contribution in [2.75, 3.05) is 39.6 Å². The smallest absolute Gasteiger partial charge is 0.307 e. The van der Waals surface area contributed by atoms with Crippen LogP contribution in [0.2, 0.25) is 0 Å². The van der Waals surface area contributed by atoms with Crippen molar-refractivity contribution in [1.29, 1.82) is 0 Å². The number of aliphatic carboxylic acids is 1. The summed E-state index contributed by atoms with van der Waals surface area (Å²) in [4.78, 5) is 13.6. The number of rotatable bonds is 9. The molecule has 0 bridgehead atoms. The summed E-state index contributed by atoms with van der Waals surface area (Å²) in [5.41, 5.74) is 2.45. The van der Waals surface area contributed by atoms with Gasteiger partial charge in [-0.15, -0.1) is 11.8 Å². The number of thioether (sulfide) groups is 1. The van der Waals surface area contributed by atoms with Crippen molar-refractivity contribution in [3.8, 4) is 11.5 Å². The summed E-state index contributed by atoms with van der Waals surface area (Å²) in [6, 6.07) is 16.4. The Labute approximate surface area is 177 Å². The average molecular weight is 416 g/mol. The second-order valence-electron chi connectivity index (χ2n) is 7.28. The number of hydrogen-bond acceptors (Lipinski definition) is 5. The molecule has 0 aliphatic carbocycles. The first kappa shape index (κ1) is 21.5. The molecule has 1 aliphatic heterocycles. The third kappa shape index (κ3) is 5.90. The van der Waals surface area contributed by atoms with Crippen LogP contribution in [0.1, 0.15) is 29.2 Å². The van der Waals surface area contributed by atoms with Crippen molar-refractivity contribution in [2.45, 2.75) is 18.1 Å². The van der Waals surface area contributed by atoms with Gasteiger partial charge in [0.15, 0.2) is 0 Å². The fraction of sp³-hybridized carbons (Fsp3) is 0.435. The fourth-order valence-corrected chi connectivity index (χ4v) is 5.00. The Bertz CT molecular complexity index is 731. The molecule has 29 heavy (non-hydrogen) atoms. The van der Waals surface area contributed by atoms with E-state index in [1.807, 2.05) is 36.0 Å². The molecule has 0 unspecified atom stereocenters. The van der Waals surface area contributed by atoms with E-state index in [4.69, 9.17) is 9.47 Å². The van der Waals surface area contributed by atoms with Gasteiger partial charge in [-0.3, -0.25) is 4.79 Å². The van der Waals surface area contributed by atoms with Crippen molar-refractivity contribution >= 4 is 17.7 Å². The molecule has 0 saturated carbocycles. The predicted molar refractivity (Wildman–Crippen MR) is 117 cm³/mol. The highest BCUT2D eigenvalue weighted by molar-refractivity contribution is 7.99. The fourth-order valence-electron chi connectivity index (χ4n) is 3.70. The molecule has 1 fully saturated rings. The molecule has 0 spiro atoms. The van der Waals surface area contributed by atoms with Crippen LogP contribution >= 0.6 is 11.8 Å². The molecule has 2 aromatic carbocycles. The van der Waals surface area contributed by atoms with Crippen molar-refractivity contribution in [3.05, 3.63) is 59.7 Å². The SMILES string of the molecule is COc1ccc(C(SCCN2CCC[C@@H](C(=O)O)C2)c2ccc(OC)cc2)cc1. The molecular formula is C23H29NO4S. The monoisotopic (exact) mass is 415 g/mol. The highest BCUT2D eigenvalue weighted by Crippen LogP contribution is 2.37. The highest BCUT2D eigenvalue weighted by Gasteiger charge is 2.25. The molecule has 156 valence electrons. The molecule has 1 aliphatic rings. The van der Waals surface area contributed by atoms with E-state index in [-0.39, 0.29) is 11.2 Å². The van der Waals surface area contributed by atoms with Gasteiger partial charge in [-0.25, -0.2) is 0 Å². The molecule has 1 N–H and O–H groups in total. The van der Waals surface area contributed by atoms with Crippen molar-refractivity contribution in [1.82, 2.24) is 4.90 Å². The third-order valence-corrected chi connectivity index (χ3v) is 6.68. The van der Waals surface area contributed by atoms with Crippen LogP contribution in [-0.4, -0.2) is 55.6 Å². The summed E-state index contributed by atoms with van der Waals surface area (Å²) in [7, 11) is 3.35. The Morgan fingerprint density at radius 2 is 1.62 bits per heavy atom. The maximum absolute atomic E-state index is 11.3. The first-order valence-electron chi connectivity index (χ1n) is 9.95. The highest BCUT2D eigenvalue weighted by atomic mass is 32.2. The van der Waals surface area contributed by atoms with E-state index in [9.17, 15) is 9.90 Å². The first-order valence-corrected chi connectivity index (χ1v) is 11.0. The van der Waals surface area contributed by atoms with Crippen molar-refractivity contribution < 1.29 is 19.4 Å². The van der Waals surface area contributed by atoms with E-state index >= 15 is 0 Å². The Morgan fingerprint density at radius 3 is 2.10 bits per heavy atom. The molecule has 1 heterocycles. The molecule has 0 amide bonds. The van der Waals surface area contributed by atoms with Crippen LogP contribution in [0.3, 0.4) is 0 Å². The number of carboxylic acids is 1. The minimum atomic E-state index is -0.670. The van der Waals surface area contributed by atoms with Crippen LogP contribution in [0.15, 0.2) is 48.5 Å². The lowest BCUT2D eigenvalue weighted by Gasteiger charge is -2.31. The van der Waals surface area contributed by atoms with Gasteiger partial charge in [-0.05, 0) is 54.8 Å². The average Bonchev–Trinajstić information content (AvgIpc) is 2.77. The van der Waals surface area contributed by atoms with Gasteiger partial charge in [-0.2, -0.15) is 0 Å². The molecule has 2 aromatic rings. The Morgan fingerprint density at radius 1 is 1.07 bits per heavy atom. The zero-order chi connectivity index (χ0) is 20.6. The van der Waals surface area contributed by atoms with Gasteiger partial charge in [0.1, 0.15) is 11.5 Å². The standard InChI is InChI=1S/C23H29NO4S/c1-27-20-9-5-17(6-10-20)22(18-7-11-21(28-2)12-8-18)29-15-14-24-13-3-4-19(16-24)23(25)26/h5-12,19,22H,3-4,13-16H2,1-2H3,(H,25,26)/t19-/m1/s1. The van der Waals surface area contributed by atoms with Gasteiger partial charge < -0.3 is 19.5 Å². The van der Waals surface area contributed by atoms with Gasteiger partial charge >= 0.3 is 5.97 Å². The second kappa shape index (κ2) is 10.6. The van der Waals surface area contributed by atoms with Crippen LogP contribution in [0.25, 0.3) is 0 Å². The number of piperidine rings is 1. The minimum Gasteiger partial charge on any atom is -0.497 e. The number of methoxy groups -OCH3 is 2. The molecule has 1 saturated heterocycles. The van der Waals surface area contributed by atoms with Crippen LogP contribution in [0.4, 0.5) is 0 Å². The van der Waals surface area contributed by atoms with Gasteiger partial charge in [0, 0.05) is 18.8 Å². The summed E-state index contributed by atoms with van der Waals surface area (Å²) < 4.78 is 10.6. The number of ether oxygens (including phenoxy) is 2. The third-order valence-electron chi connectivity index (χ3n) is 5.38. The summed E-state index contributed by atoms with van der Waals surface area (Å²) >= 11 is 1.89. The minimum absolute atomic E-state index is 0.201. The number of carbonyl (C=O) groups is 1. The van der Waals surface area contributed by atoms with Crippen LogP contribution < -0.4 is 9.47 Å². The van der Waals surface area contributed by atoms with E-state index in [2.05, 4.69) is 29.2 Å². The van der Waals surface area contributed by atoms with Crippen LogP contribution in [0, 0.1) is 5.92 Å². The Kier molecular flexibility index (Phi) is 7.83. The summed E-state index contributed by atoms with van der Waals surface area (Å²) in [6.45, 7) is 2.54. The van der Waals surface area contributed by atoms with E-state index in [1.165, 1.54) is 11.1 Å². The van der Waals surface area contributed by atoms with Gasteiger partial charge in [0.25, 0.3) is 0 Å². The van der Waals surface area contributed by atoms with Crippen LogP contribution in [-0.2, 0) is 4.79 Å². The molecule has 5 nitrogen and oxygen atoms in total. The van der Waals surface area contributed by atoms with E-state index in [1.54, 1.807) is 14.2 Å². The van der Waals surface area contributed by atoms with Gasteiger partial charge in [0.05, 0.1) is 25.4 Å². The van der Waals surface area contributed by atoms with Gasteiger partial charge in [0.2, 0.25) is 0 Å². The summed E-state index contributed by atoms with van der Waals surface area (Å²) in [5, 5.41) is 9.50.